The van der Waals surface area contributed by atoms with Crippen LogP contribution in [0.4, 0.5) is 8.78 Å². The SMILES string of the molecule is Cc1nc(C(N)=O)sc1Oc1ccc(-n2nc3n(c2=O)[C@@H](c2ccc(F)cc2)CC3)cc1F. The molecule has 33 heavy (non-hydrogen) atoms. The molecule has 11 heteroatoms. The highest BCUT2D eigenvalue weighted by atomic mass is 32.1. The summed E-state index contributed by atoms with van der Waals surface area (Å²) in [5.74, 6) is -1.27. The minimum Gasteiger partial charge on any atom is -0.442 e. The molecule has 0 saturated heterocycles. The van der Waals surface area contributed by atoms with Gasteiger partial charge in [-0.05, 0) is 43.2 Å². The van der Waals surface area contributed by atoms with Crippen molar-refractivity contribution in [1.29, 1.82) is 0 Å². The van der Waals surface area contributed by atoms with E-state index in [1.807, 2.05) is 0 Å². The number of amides is 1. The number of fused-ring (bicyclic) bond motifs is 1. The molecule has 3 heterocycles. The molecule has 0 radical (unpaired) electrons. The molecule has 1 atom stereocenters. The van der Waals surface area contributed by atoms with Crippen molar-refractivity contribution in [2.45, 2.75) is 25.8 Å². The highest BCUT2D eigenvalue weighted by Gasteiger charge is 2.29. The molecule has 0 bridgehead atoms. The maximum Gasteiger partial charge on any atom is 0.351 e. The molecule has 0 saturated carbocycles. The predicted molar refractivity (Wildman–Crippen MR) is 116 cm³/mol. The molecule has 2 aromatic heterocycles. The molecule has 4 aromatic rings. The normalized spacial score (nSPS) is 14.9. The van der Waals surface area contributed by atoms with E-state index in [1.165, 1.54) is 24.3 Å². The quantitative estimate of drug-likeness (QED) is 0.482. The van der Waals surface area contributed by atoms with Crippen molar-refractivity contribution < 1.29 is 18.3 Å². The van der Waals surface area contributed by atoms with Crippen LogP contribution in [0.3, 0.4) is 0 Å². The van der Waals surface area contributed by atoms with Crippen LogP contribution in [-0.4, -0.2) is 25.2 Å². The molecule has 0 fully saturated rings. The van der Waals surface area contributed by atoms with Gasteiger partial charge < -0.3 is 10.5 Å². The van der Waals surface area contributed by atoms with Gasteiger partial charge in [0.25, 0.3) is 5.91 Å². The highest BCUT2D eigenvalue weighted by Crippen LogP contribution is 2.34. The summed E-state index contributed by atoms with van der Waals surface area (Å²) in [6.07, 6.45) is 1.24. The zero-order chi connectivity index (χ0) is 23.3. The summed E-state index contributed by atoms with van der Waals surface area (Å²) in [6.45, 7) is 1.62. The number of halogens is 2. The van der Waals surface area contributed by atoms with Gasteiger partial charge >= 0.3 is 5.69 Å². The van der Waals surface area contributed by atoms with Crippen LogP contribution in [0.15, 0.2) is 47.3 Å². The number of thiazole rings is 1. The number of hydrogen-bond acceptors (Lipinski definition) is 6. The fourth-order valence-electron chi connectivity index (χ4n) is 3.85. The van der Waals surface area contributed by atoms with Crippen molar-refractivity contribution in [2.75, 3.05) is 0 Å². The number of aryl methyl sites for hydroxylation is 2. The van der Waals surface area contributed by atoms with E-state index < -0.39 is 17.4 Å². The van der Waals surface area contributed by atoms with E-state index in [0.29, 0.717) is 24.4 Å². The second kappa shape index (κ2) is 7.93. The number of ether oxygens (including phenoxy) is 1. The molecule has 168 valence electrons. The molecule has 0 aliphatic carbocycles. The van der Waals surface area contributed by atoms with Crippen molar-refractivity contribution in [1.82, 2.24) is 19.3 Å². The lowest BCUT2D eigenvalue weighted by Crippen LogP contribution is -2.26. The first-order valence-electron chi connectivity index (χ1n) is 10.0. The van der Waals surface area contributed by atoms with Crippen LogP contribution in [0.2, 0.25) is 0 Å². The summed E-state index contributed by atoms with van der Waals surface area (Å²) in [4.78, 5) is 28.4. The van der Waals surface area contributed by atoms with Gasteiger partial charge in [0.05, 0.1) is 17.4 Å². The van der Waals surface area contributed by atoms with Crippen LogP contribution >= 0.6 is 11.3 Å². The van der Waals surface area contributed by atoms with E-state index in [-0.39, 0.29) is 33.4 Å². The lowest BCUT2D eigenvalue weighted by atomic mass is 10.1. The van der Waals surface area contributed by atoms with Gasteiger partial charge in [0.2, 0.25) is 5.06 Å². The van der Waals surface area contributed by atoms with Gasteiger partial charge in [-0.1, -0.05) is 23.5 Å². The molecule has 1 amide bonds. The number of nitrogens with zero attached hydrogens (tertiary/aromatic N) is 4. The van der Waals surface area contributed by atoms with Gasteiger partial charge in [0.15, 0.2) is 16.6 Å². The van der Waals surface area contributed by atoms with Crippen LogP contribution in [0, 0.1) is 18.6 Å². The molecular weight excluding hydrogens is 452 g/mol. The Morgan fingerprint density at radius 2 is 1.97 bits per heavy atom. The Morgan fingerprint density at radius 1 is 1.21 bits per heavy atom. The Balaban J connectivity index is 1.45. The molecule has 0 unspecified atom stereocenters. The van der Waals surface area contributed by atoms with E-state index in [9.17, 15) is 18.4 Å². The van der Waals surface area contributed by atoms with Crippen LogP contribution in [0.1, 0.15) is 39.3 Å². The minimum atomic E-state index is -0.712. The predicted octanol–water partition coefficient (Wildman–Crippen LogP) is 3.50. The fourth-order valence-corrected chi connectivity index (χ4v) is 4.64. The Kier molecular flexibility index (Phi) is 5.05. The summed E-state index contributed by atoms with van der Waals surface area (Å²) in [5.41, 5.74) is 6.27. The van der Waals surface area contributed by atoms with Crippen LogP contribution in [0.25, 0.3) is 5.69 Å². The number of carbonyl (C=O) groups excluding carboxylic acids is 1. The van der Waals surface area contributed by atoms with Crippen molar-refractivity contribution >= 4 is 17.2 Å². The number of aromatic nitrogens is 4. The van der Waals surface area contributed by atoms with Gasteiger partial charge in [-0.3, -0.25) is 9.36 Å². The fraction of sp³-hybridized carbons (Fsp3) is 0.182. The average molecular weight is 469 g/mol. The van der Waals surface area contributed by atoms with E-state index in [2.05, 4.69) is 10.1 Å². The first kappa shape index (κ1) is 21.0. The molecule has 2 N–H and O–H groups in total. The zero-order valence-corrected chi connectivity index (χ0v) is 18.1. The van der Waals surface area contributed by atoms with Crippen LogP contribution < -0.4 is 16.2 Å². The van der Waals surface area contributed by atoms with Crippen LogP contribution in [-0.2, 0) is 6.42 Å². The summed E-state index contributed by atoms with van der Waals surface area (Å²) < 4.78 is 36.4. The second-order valence-electron chi connectivity index (χ2n) is 7.56. The molecule has 2 aromatic carbocycles. The Hall–Kier alpha value is -3.86. The number of nitrogens with two attached hydrogens (primary N) is 1. The first-order chi connectivity index (χ1) is 15.8. The van der Waals surface area contributed by atoms with E-state index in [0.717, 1.165) is 27.6 Å². The Labute approximate surface area is 189 Å². The lowest BCUT2D eigenvalue weighted by Gasteiger charge is -2.12. The molecule has 8 nitrogen and oxygen atoms in total. The number of carbonyl (C=O) groups is 1. The summed E-state index contributed by atoms with van der Waals surface area (Å²) in [5, 5.41) is 4.68. The standard InChI is InChI=1S/C22H17F2N5O3S/c1-11-21(33-20(26-11)19(25)30)32-17-8-6-14(10-15(17)24)29-22(31)28-16(7-9-18(28)27-29)12-2-4-13(23)5-3-12/h2-6,8,10,16H,7,9H2,1H3,(H2,25,30)/t16-/m1/s1. The van der Waals surface area contributed by atoms with Crippen molar-refractivity contribution in [3.63, 3.8) is 0 Å². The molecule has 1 aliphatic heterocycles. The lowest BCUT2D eigenvalue weighted by molar-refractivity contribution is 0.1000. The smallest absolute Gasteiger partial charge is 0.351 e. The summed E-state index contributed by atoms with van der Waals surface area (Å²) in [6, 6.07) is 9.79. The third-order valence-electron chi connectivity index (χ3n) is 5.42. The third-order valence-corrected chi connectivity index (χ3v) is 6.47. The second-order valence-corrected chi connectivity index (χ2v) is 8.52. The monoisotopic (exact) mass is 469 g/mol. The zero-order valence-electron chi connectivity index (χ0n) is 17.3. The Morgan fingerprint density at radius 3 is 2.64 bits per heavy atom. The molecule has 0 spiro atoms. The van der Waals surface area contributed by atoms with Crippen LogP contribution in [0.5, 0.6) is 10.8 Å². The maximum atomic E-state index is 14.8. The average Bonchev–Trinajstić information content (AvgIpc) is 3.45. The number of rotatable bonds is 5. The maximum absolute atomic E-state index is 14.8. The van der Waals surface area contributed by atoms with Gasteiger partial charge in [0.1, 0.15) is 11.6 Å². The molecule has 5 rings (SSSR count). The summed E-state index contributed by atoms with van der Waals surface area (Å²) in [7, 11) is 0. The summed E-state index contributed by atoms with van der Waals surface area (Å²) >= 11 is 0.920. The van der Waals surface area contributed by atoms with Crippen molar-refractivity contribution in [3.05, 3.63) is 86.7 Å². The van der Waals surface area contributed by atoms with Gasteiger partial charge in [-0.25, -0.2) is 18.6 Å². The Bertz CT molecular complexity index is 1440. The molecule has 1 aliphatic rings. The van der Waals surface area contributed by atoms with E-state index in [1.54, 1.807) is 23.6 Å². The highest BCUT2D eigenvalue weighted by molar-refractivity contribution is 7.15. The number of benzene rings is 2. The number of primary amides is 1. The first-order valence-corrected chi connectivity index (χ1v) is 10.8. The van der Waals surface area contributed by atoms with Gasteiger partial charge in [-0.2, -0.15) is 4.68 Å². The van der Waals surface area contributed by atoms with Gasteiger partial charge in [-0.15, -0.1) is 5.10 Å². The molecular formula is C22H17F2N5O3S. The van der Waals surface area contributed by atoms with Gasteiger partial charge in [0, 0.05) is 12.5 Å². The number of hydrogen-bond donors (Lipinski definition) is 1. The topological polar surface area (TPSA) is 105 Å². The third kappa shape index (κ3) is 3.69. The largest absolute Gasteiger partial charge is 0.442 e. The van der Waals surface area contributed by atoms with Crippen molar-refractivity contribution in [3.8, 4) is 16.5 Å². The van der Waals surface area contributed by atoms with E-state index >= 15 is 0 Å². The van der Waals surface area contributed by atoms with Crippen molar-refractivity contribution in [2.24, 2.45) is 5.73 Å². The van der Waals surface area contributed by atoms with E-state index in [4.69, 9.17) is 10.5 Å². The minimum absolute atomic E-state index is 0.0642.